The van der Waals surface area contributed by atoms with Gasteiger partial charge in [0.25, 0.3) is 0 Å². The zero-order valence-corrected chi connectivity index (χ0v) is 8.84. The van der Waals surface area contributed by atoms with Gasteiger partial charge in [-0.3, -0.25) is 0 Å². The quantitative estimate of drug-likeness (QED) is 0.790. The lowest BCUT2D eigenvalue weighted by atomic mass is 10.1. The Kier molecular flexibility index (Phi) is 3.12. The summed E-state index contributed by atoms with van der Waals surface area (Å²) in [5.74, 6) is -1.35. The van der Waals surface area contributed by atoms with Crippen molar-refractivity contribution in [3.05, 3.63) is 23.3 Å². The van der Waals surface area contributed by atoms with E-state index in [0.29, 0.717) is 25.5 Å². The molecule has 1 unspecified atom stereocenters. The van der Waals surface area contributed by atoms with Gasteiger partial charge >= 0.3 is 5.97 Å². The molecule has 0 aliphatic carbocycles. The molecule has 1 saturated heterocycles. The minimum absolute atomic E-state index is 0.213. The van der Waals surface area contributed by atoms with Crippen molar-refractivity contribution in [2.24, 2.45) is 0 Å². The molecule has 0 spiro atoms. The minimum Gasteiger partial charge on any atom is -0.475 e. The van der Waals surface area contributed by atoms with Crippen LogP contribution >= 0.6 is 0 Å². The van der Waals surface area contributed by atoms with E-state index in [2.05, 4.69) is 9.97 Å². The summed E-state index contributed by atoms with van der Waals surface area (Å²) in [4.78, 5) is 18.5. The van der Waals surface area contributed by atoms with E-state index in [9.17, 15) is 4.79 Å². The SMILES string of the molecule is Cc1cnc(C(=O)O)nc1C1COCCO1. The van der Waals surface area contributed by atoms with Gasteiger partial charge in [0.15, 0.2) is 0 Å². The average molecular weight is 224 g/mol. The highest BCUT2D eigenvalue weighted by atomic mass is 16.6. The Balaban J connectivity index is 2.30. The minimum atomic E-state index is -1.14. The number of aromatic nitrogens is 2. The molecular formula is C10H12N2O4. The second kappa shape index (κ2) is 4.54. The Labute approximate surface area is 92.2 Å². The van der Waals surface area contributed by atoms with E-state index in [0.717, 1.165) is 5.56 Å². The Hall–Kier alpha value is -1.53. The highest BCUT2D eigenvalue weighted by Gasteiger charge is 2.22. The van der Waals surface area contributed by atoms with Crippen molar-refractivity contribution < 1.29 is 19.4 Å². The molecule has 6 nitrogen and oxygen atoms in total. The van der Waals surface area contributed by atoms with Crippen LogP contribution in [0.15, 0.2) is 6.20 Å². The summed E-state index contributed by atoms with van der Waals surface area (Å²) in [6.07, 6.45) is 1.19. The van der Waals surface area contributed by atoms with Gasteiger partial charge in [0.1, 0.15) is 6.10 Å². The standard InChI is InChI=1S/C10H12N2O4/c1-6-4-11-9(10(13)14)12-8(6)7-5-15-2-3-16-7/h4,7H,2-3,5H2,1H3,(H,13,14). The highest BCUT2D eigenvalue weighted by molar-refractivity contribution is 5.83. The van der Waals surface area contributed by atoms with E-state index >= 15 is 0 Å². The third-order valence-corrected chi connectivity index (χ3v) is 2.32. The van der Waals surface area contributed by atoms with Gasteiger partial charge in [-0.15, -0.1) is 0 Å². The Bertz CT molecular complexity index is 402. The van der Waals surface area contributed by atoms with Crippen LogP contribution in [-0.2, 0) is 9.47 Å². The lowest BCUT2D eigenvalue weighted by Crippen LogP contribution is -2.24. The zero-order valence-electron chi connectivity index (χ0n) is 8.84. The molecule has 0 aromatic carbocycles. The fourth-order valence-electron chi connectivity index (χ4n) is 1.53. The Morgan fingerprint density at radius 1 is 1.56 bits per heavy atom. The number of ether oxygens (including phenoxy) is 2. The van der Waals surface area contributed by atoms with Crippen molar-refractivity contribution >= 4 is 5.97 Å². The lowest BCUT2D eigenvalue weighted by molar-refractivity contribution is -0.0921. The first-order valence-electron chi connectivity index (χ1n) is 4.94. The summed E-state index contributed by atoms with van der Waals surface area (Å²) >= 11 is 0. The first-order valence-corrected chi connectivity index (χ1v) is 4.94. The molecule has 86 valence electrons. The number of rotatable bonds is 2. The molecule has 0 radical (unpaired) electrons. The molecule has 1 N–H and O–H groups in total. The molecule has 1 aromatic heterocycles. The first-order chi connectivity index (χ1) is 7.68. The molecule has 0 bridgehead atoms. The number of aromatic carboxylic acids is 1. The molecule has 0 saturated carbocycles. The van der Waals surface area contributed by atoms with Gasteiger partial charge in [-0.2, -0.15) is 0 Å². The van der Waals surface area contributed by atoms with Crippen molar-refractivity contribution in [3.8, 4) is 0 Å². The number of carboxylic acid groups (broad SMARTS) is 1. The smallest absolute Gasteiger partial charge is 0.373 e. The van der Waals surface area contributed by atoms with Gasteiger partial charge in [-0.25, -0.2) is 14.8 Å². The van der Waals surface area contributed by atoms with Gasteiger partial charge < -0.3 is 14.6 Å². The van der Waals surface area contributed by atoms with Gasteiger partial charge in [-0.05, 0) is 12.5 Å². The molecule has 1 aliphatic rings. The van der Waals surface area contributed by atoms with E-state index in [1.165, 1.54) is 6.20 Å². The van der Waals surface area contributed by atoms with Crippen molar-refractivity contribution in [2.75, 3.05) is 19.8 Å². The average Bonchev–Trinajstić information content (AvgIpc) is 2.30. The van der Waals surface area contributed by atoms with Crippen LogP contribution in [0.4, 0.5) is 0 Å². The topological polar surface area (TPSA) is 81.5 Å². The summed E-state index contributed by atoms with van der Waals surface area (Å²) in [5.41, 5.74) is 1.40. The maximum atomic E-state index is 10.8. The number of hydrogen-bond acceptors (Lipinski definition) is 5. The van der Waals surface area contributed by atoms with Crippen LogP contribution < -0.4 is 0 Å². The first kappa shape index (κ1) is 11.0. The molecule has 2 rings (SSSR count). The predicted molar refractivity (Wildman–Crippen MR) is 53.2 cm³/mol. The maximum absolute atomic E-state index is 10.8. The van der Waals surface area contributed by atoms with Crippen molar-refractivity contribution in [2.45, 2.75) is 13.0 Å². The number of nitrogens with zero attached hydrogens (tertiary/aromatic N) is 2. The van der Waals surface area contributed by atoms with E-state index < -0.39 is 5.97 Å². The monoisotopic (exact) mass is 224 g/mol. The molecule has 1 aliphatic heterocycles. The number of carbonyl (C=O) groups is 1. The summed E-state index contributed by atoms with van der Waals surface area (Å²) in [5, 5.41) is 8.80. The molecule has 1 fully saturated rings. The summed E-state index contributed by atoms with van der Waals surface area (Å²) in [7, 11) is 0. The van der Waals surface area contributed by atoms with Crippen molar-refractivity contribution in [1.82, 2.24) is 9.97 Å². The molecule has 0 amide bonds. The lowest BCUT2D eigenvalue weighted by Gasteiger charge is -2.23. The maximum Gasteiger partial charge on any atom is 0.373 e. The zero-order chi connectivity index (χ0) is 11.5. The number of aryl methyl sites for hydroxylation is 1. The molecule has 1 aromatic rings. The van der Waals surface area contributed by atoms with Gasteiger partial charge in [-0.1, -0.05) is 0 Å². The Morgan fingerprint density at radius 3 is 3.00 bits per heavy atom. The van der Waals surface area contributed by atoms with Crippen LogP contribution in [0.5, 0.6) is 0 Å². The van der Waals surface area contributed by atoms with Gasteiger partial charge in [0.05, 0.1) is 25.5 Å². The fourth-order valence-corrected chi connectivity index (χ4v) is 1.53. The normalized spacial score (nSPS) is 20.7. The van der Waals surface area contributed by atoms with Crippen LogP contribution in [0, 0.1) is 6.92 Å². The van der Waals surface area contributed by atoms with E-state index in [-0.39, 0.29) is 11.9 Å². The summed E-state index contributed by atoms with van der Waals surface area (Å²) in [6.45, 7) is 3.28. The summed E-state index contributed by atoms with van der Waals surface area (Å²) in [6, 6.07) is 0. The van der Waals surface area contributed by atoms with E-state index in [1.54, 1.807) is 0 Å². The van der Waals surface area contributed by atoms with E-state index in [4.69, 9.17) is 14.6 Å². The van der Waals surface area contributed by atoms with Crippen molar-refractivity contribution in [1.29, 1.82) is 0 Å². The third-order valence-electron chi connectivity index (χ3n) is 2.32. The van der Waals surface area contributed by atoms with Crippen LogP contribution in [0.25, 0.3) is 0 Å². The second-order valence-electron chi connectivity index (χ2n) is 3.50. The predicted octanol–water partition coefficient (Wildman–Crippen LogP) is 0.571. The molecule has 6 heteroatoms. The number of hydrogen-bond donors (Lipinski definition) is 1. The van der Waals surface area contributed by atoms with E-state index in [1.807, 2.05) is 6.92 Å². The number of carboxylic acids is 1. The second-order valence-corrected chi connectivity index (χ2v) is 3.50. The van der Waals surface area contributed by atoms with Crippen LogP contribution in [0.2, 0.25) is 0 Å². The van der Waals surface area contributed by atoms with Crippen molar-refractivity contribution in [3.63, 3.8) is 0 Å². The van der Waals surface area contributed by atoms with Crippen LogP contribution in [0.1, 0.15) is 28.0 Å². The van der Waals surface area contributed by atoms with Gasteiger partial charge in [0.2, 0.25) is 5.82 Å². The largest absolute Gasteiger partial charge is 0.475 e. The van der Waals surface area contributed by atoms with Gasteiger partial charge in [0, 0.05) is 6.20 Å². The fraction of sp³-hybridized carbons (Fsp3) is 0.500. The van der Waals surface area contributed by atoms with Crippen LogP contribution in [-0.4, -0.2) is 40.9 Å². The van der Waals surface area contributed by atoms with Crippen LogP contribution in [0.3, 0.4) is 0 Å². The summed E-state index contributed by atoms with van der Waals surface area (Å²) < 4.78 is 10.7. The Morgan fingerprint density at radius 2 is 2.38 bits per heavy atom. The molecular weight excluding hydrogens is 212 g/mol. The molecule has 16 heavy (non-hydrogen) atoms. The highest BCUT2D eigenvalue weighted by Crippen LogP contribution is 2.21. The molecule has 2 heterocycles. The molecule has 1 atom stereocenters. The third kappa shape index (κ3) is 2.17.